The summed E-state index contributed by atoms with van der Waals surface area (Å²) in [6.07, 6.45) is 0. The van der Waals surface area contributed by atoms with E-state index in [2.05, 4.69) is 5.43 Å². The van der Waals surface area contributed by atoms with E-state index in [1.807, 2.05) is 0 Å². The minimum atomic E-state index is 0. The number of halogens is 1. The van der Waals surface area contributed by atoms with Crippen molar-refractivity contribution in [1.82, 2.24) is 0 Å². The first kappa shape index (κ1) is 10.9. The van der Waals surface area contributed by atoms with E-state index in [-0.39, 0.29) is 18.2 Å². The molecule has 0 aliphatic carbocycles. The number of methoxy groups -OCH3 is 1. The molecule has 4 nitrogen and oxygen atoms in total. The topological polar surface area (TPSA) is 67.5 Å². The highest BCUT2D eigenvalue weighted by atomic mass is 35.5. The van der Waals surface area contributed by atoms with Crippen LogP contribution in [0.2, 0.25) is 0 Å². The van der Waals surface area contributed by atoms with Crippen molar-refractivity contribution in [3.8, 4) is 11.5 Å². The molecule has 0 aromatic heterocycles. The number of benzene rings is 1. The molecule has 0 atom stereocenters. The molecule has 68 valence electrons. The molecule has 0 bridgehead atoms. The Morgan fingerprint density at radius 1 is 1.50 bits per heavy atom. The summed E-state index contributed by atoms with van der Waals surface area (Å²) < 4.78 is 4.83. The fraction of sp³-hybridized carbons (Fsp3) is 0.143. The van der Waals surface area contributed by atoms with Crippen LogP contribution in [0.1, 0.15) is 0 Å². The van der Waals surface area contributed by atoms with Crippen molar-refractivity contribution in [3.05, 3.63) is 18.2 Å². The average Bonchev–Trinajstić information content (AvgIpc) is 2.04. The van der Waals surface area contributed by atoms with Crippen LogP contribution in [0, 0.1) is 0 Å². The molecule has 0 saturated carbocycles. The van der Waals surface area contributed by atoms with Gasteiger partial charge in [-0.3, -0.25) is 5.84 Å². The zero-order valence-electron chi connectivity index (χ0n) is 6.57. The van der Waals surface area contributed by atoms with Gasteiger partial charge in [-0.05, 0) is 12.1 Å². The molecule has 5 heteroatoms. The summed E-state index contributed by atoms with van der Waals surface area (Å²) in [4.78, 5) is 0. The lowest BCUT2D eigenvalue weighted by Gasteiger charge is -2.04. The van der Waals surface area contributed by atoms with E-state index in [1.165, 1.54) is 13.2 Å². The van der Waals surface area contributed by atoms with Crippen LogP contribution in [0.5, 0.6) is 11.5 Å². The number of hydrazine groups is 1. The van der Waals surface area contributed by atoms with Gasteiger partial charge in [-0.2, -0.15) is 0 Å². The van der Waals surface area contributed by atoms with E-state index in [4.69, 9.17) is 10.6 Å². The molecule has 0 unspecified atom stereocenters. The minimum absolute atomic E-state index is 0. The lowest BCUT2D eigenvalue weighted by Crippen LogP contribution is -2.06. The third-order valence-electron chi connectivity index (χ3n) is 1.35. The predicted molar refractivity (Wildman–Crippen MR) is 49.7 cm³/mol. The SMILES string of the molecule is COc1ccc(NN)cc1O.Cl. The first-order valence-corrected chi connectivity index (χ1v) is 3.11. The van der Waals surface area contributed by atoms with Gasteiger partial charge in [0.05, 0.1) is 12.8 Å². The van der Waals surface area contributed by atoms with E-state index < -0.39 is 0 Å². The Morgan fingerprint density at radius 3 is 2.58 bits per heavy atom. The van der Waals surface area contributed by atoms with Crippen LogP contribution in [0.3, 0.4) is 0 Å². The second-order valence-corrected chi connectivity index (χ2v) is 2.03. The number of hydrogen-bond acceptors (Lipinski definition) is 4. The van der Waals surface area contributed by atoms with Gasteiger partial charge in [0.25, 0.3) is 0 Å². The smallest absolute Gasteiger partial charge is 0.160 e. The summed E-state index contributed by atoms with van der Waals surface area (Å²) in [7, 11) is 1.49. The molecule has 0 aliphatic heterocycles. The van der Waals surface area contributed by atoms with Crippen molar-refractivity contribution < 1.29 is 9.84 Å². The number of phenols is 1. The molecule has 12 heavy (non-hydrogen) atoms. The van der Waals surface area contributed by atoms with Gasteiger partial charge in [-0.25, -0.2) is 0 Å². The summed E-state index contributed by atoms with van der Waals surface area (Å²) in [5.41, 5.74) is 3.05. The van der Waals surface area contributed by atoms with E-state index in [0.29, 0.717) is 11.4 Å². The fourth-order valence-electron chi connectivity index (χ4n) is 0.780. The summed E-state index contributed by atoms with van der Waals surface area (Å²) in [6.45, 7) is 0. The van der Waals surface area contributed by atoms with Crippen molar-refractivity contribution in [3.63, 3.8) is 0 Å². The van der Waals surface area contributed by atoms with Crippen LogP contribution in [0.25, 0.3) is 0 Å². The van der Waals surface area contributed by atoms with E-state index in [9.17, 15) is 5.11 Å². The van der Waals surface area contributed by atoms with E-state index >= 15 is 0 Å². The Bertz CT molecular complexity index is 255. The summed E-state index contributed by atoms with van der Waals surface area (Å²) in [5.74, 6) is 5.61. The monoisotopic (exact) mass is 190 g/mol. The average molecular weight is 191 g/mol. The Labute approximate surface area is 76.7 Å². The molecule has 0 radical (unpaired) electrons. The van der Waals surface area contributed by atoms with Crippen LogP contribution < -0.4 is 16.0 Å². The van der Waals surface area contributed by atoms with Crippen molar-refractivity contribution >= 4 is 18.1 Å². The van der Waals surface area contributed by atoms with Gasteiger partial charge in [0.1, 0.15) is 0 Å². The summed E-state index contributed by atoms with van der Waals surface area (Å²) in [6, 6.07) is 4.82. The Balaban J connectivity index is 0.00000121. The van der Waals surface area contributed by atoms with Gasteiger partial charge < -0.3 is 15.3 Å². The normalized spacial score (nSPS) is 8.50. The van der Waals surface area contributed by atoms with Crippen LogP contribution in [-0.2, 0) is 0 Å². The third-order valence-corrected chi connectivity index (χ3v) is 1.35. The molecule has 4 N–H and O–H groups in total. The van der Waals surface area contributed by atoms with Gasteiger partial charge in [-0.15, -0.1) is 12.4 Å². The van der Waals surface area contributed by atoms with Crippen molar-refractivity contribution in [2.45, 2.75) is 0 Å². The maximum atomic E-state index is 9.20. The molecule has 1 aromatic carbocycles. The zero-order chi connectivity index (χ0) is 8.27. The molecule has 0 spiro atoms. The highest BCUT2D eigenvalue weighted by molar-refractivity contribution is 5.85. The largest absolute Gasteiger partial charge is 0.504 e. The molecule has 0 aliphatic rings. The van der Waals surface area contributed by atoms with E-state index in [1.54, 1.807) is 12.1 Å². The van der Waals surface area contributed by atoms with Crippen molar-refractivity contribution in [2.75, 3.05) is 12.5 Å². The molecule has 0 heterocycles. The van der Waals surface area contributed by atoms with Crippen molar-refractivity contribution in [1.29, 1.82) is 0 Å². The number of hydrogen-bond donors (Lipinski definition) is 3. The maximum Gasteiger partial charge on any atom is 0.160 e. The Morgan fingerprint density at radius 2 is 2.17 bits per heavy atom. The number of anilines is 1. The number of nitrogens with two attached hydrogens (primary N) is 1. The number of nitrogens with one attached hydrogen (secondary N) is 1. The van der Waals surface area contributed by atoms with Gasteiger partial charge in [0, 0.05) is 6.07 Å². The summed E-state index contributed by atoms with van der Waals surface area (Å²) >= 11 is 0. The molecule has 0 fully saturated rings. The fourth-order valence-corrected chi connectivity index (χ4v) is 0.780. The molecule has 1 aromatic rings. The second kappa shape index (κ2) is 4.69. The zero-order valence-corrected chi connectivity index (χ0v) is 7.39. The van der Waals surface area contributed by atoms with Crippen molar-refractivity contribution in [2.24, 2.45) is 5.84 Å². The van der Waals surface area contributed by atoms with Crippen LogP contribution in [0.4, 0.5) is 5.69 Å². The van der Waals surface area contributed by atoms with Crippen LogP contribution >= 0.6 is 12.4 Å². The highest BCUT2D eigenvalue weighted by Crippen LogP contribution is 2.27. The number of rotatable bonds is 2. The first-order valence-electron chi connectivity index (χ1n) is 3.11. The molecule has 1 rings (SSSR count). The molecule has 0 saturated heterocycles. The lowest BCUT2D eigenvalue weighted by atomic mass is 10.3. The molecular weight excluding hydrogens is 180 g/mol. The number of phenolic OH excluding ortho intramolecular Hbond substituents is 1. The standard InChI is InChI=1S/C7H10N2O2.ClH/c1-11-7-3-2-5(9-8)4-6(7)10;/h2-4,9-10H,8H2,1H3;1H. The van der Waals surface area contributed by atoms with Gasteiger partial charge in [0.2, 0.25) is 0 Å². The van der Waals surface area contributed by atoms with Gasteiger partial charge in [-0.1, -0.05) is 0 Å². The number of ether oxygens (including phenoxy) is 1. The third kappa shape index (κ3) is 2.18. The first-order chi connectivity index (χ1) is 5.27. The predicted octanol–water partition coefficient (Wildman–Crippen LogP) is 1.11. The minimum Gasteiger partial charge on any atom is -0.504 e. The second-order valence-electron chi connectivity index (χ2n) is 2.03. The highest BCUT2D eigenvalue weighted by Gasteiger charge is 1.99. The quantitative estimate of drug-likeness (QED) is 0.483. The molecule has 0 amide bonds. The Hall–Kier alpha value is -1.13. The maximum absolute atomic E-state index is 9.20. The van der Waals surface area contributed by atoms with Crippen LogP contribution in [-0.4, -0.2) is 12.2 Å². The summed E-state index contributed by atoms with van der Waals surface area (Å²) in [5, 5.41) is 9.20. The van der Waals surface area contributed by atoms with Crippen LogP contribution in [0.15, 0.2) is 18.2 Å². The molecular formula is C7H11ClN2O2. The number of aromatic hydroxyl groups is 1. The van der Waals surface area contributed by atoms with Gasteiger partial charge in [0.15, 0.2) is 11.5 Å². The van der Waals surface area contributed by atoms with Gasteiger partial charge >= 0.3 is 0 Å². The Kier molecular flexibility index (Phi) is 4.25. The van der Waals surface area contributed by atoms with E-state index in [0.717, 1.165) is 0 Å². The number of nitrogen functional groups attached to an aromatic ring is 1. The lowest BCUT2D eigenvalue weighted by molar-refractivity contribution is 0.373.